The summed E-state index contributed by atoms with van der Waals surface area (Å²) in [6.45, 7) is 3.95. The summed E-state index contributed by atoms with van der Waals surface area (Å²) < 4.78 is 18.0. The number of halogens is 1. The molecule has 0 spiro atoms. The van der Waals surface area contributed by atoms with Gasteiger partial charge in [-0.15, -0.1) is 0 Å². The van der Waals surface area contributed by atoms with Crippen molar-refractivity contribution in [3.63, 3.8) is 0 Å². The van der Waals surface area contributed by atoms with Crippen LogP contribution < -0.4 is 5.32 Å². The highest BCUT2D eigenvalue weighted by Gasteiger charge is 2.13. The first-order valence-electron chi connectivity index (χ1n) is 5.67. The molecule has 5 nitrogen and oxygen atoms in total. The lowest BCUT2D eigenvalue weighted by molar-refractivity contribution is 0.0697. The lowest BCUT2D eigenvalue weighted by Crippen LogP contribution is -2.07. The van der Waals surface area contributed by atoms with Gasteiger partial charge in [-0.2, -0.15) is 0 Å². The number of carbonyl (C=O) groups is 1. The second kappa shape index (κ2) is 5.09. The third-order valence-electron chi connectivity index (χ3n) is 2.85. The molecule has 1 aromatic carbocycles. The normalized spacial score (nSPS) is 10.5. The Balaban J connectivity index is 2.23. The number of nitrogens with zero attached hydrogens (tertiary/aromatic N) is 1. The quantitative estimate of drug-likeness (QED) is 0.888. The molecule has 0 saturated carbocycles. The number of benzene rings is 1. The van der Waals surface area contributed by atoms with E-state index in [0.29, 0.717) is 18.0 Å². The summed E-state index contributed by atoms with van der Waals surface area (Å²) >= 11 is 0. The number of aromatic carboxylic acids is 1. The monoisotopic (exact) mass is 264 g/mol. The lowest BCUT2D eigenvalue weighted by Gasteiger charge is -2.09. The van der Waals surface area contributed by atoms with Gasteiger partial charge in [0.15, 0.2) is 0 Å². The zero-order valence-corrected chi connectivity index (χ0v) is 10.5. The Labute approximate surface area is 109 Å². The van der Waals surface area contributed by atoms with Crippen LogP contribution in [-0.2, 0) is 6.54 Å². The van der Waals surface area contributed by atoms with Gasteiger partial charge >= 0.3 is 5.97 Å². The molecule has 0 aliphatic rings. The minimum atomic E-state index is -1.18. The molecule has 0 aliphatic carbocycles. The third-order valence-corrected chi connectivity index (χ3v) is 2.85. The van der Waals surface area contributed by atoms with Gasteiger partial charge in [0.1, 0.15) is 11.6 Å². The predicted molar refractivity (Wildman–Crippen MR) is 66.7 cm³/mol. The molecule has 0 bridgehead atoms. The maximum atomic E-state index is 13.0. The zero-order valence-electron chi connectivity index (χ0n) is 10.5. The van der Waals surface area contributed by atoms with E-state index >= 15 is 0 Å². The molecule has 0 saturated heterocycles. The van der Waals surface area contributed by atoms with E-state index < -0.39 is 11.8 Å². The maximum Gasteiger partial charge on any atom is 0.337 e. The van der Waals surface area contributed by atoms with Gasteiger partial charge in [-0.25, -0.2) is 9.18 Å². The third kappa shape index (κ3) is 2.73. The van der Waals surface area contributed by atoms with E-state index in [9.17, 15) is 9.18 Å². The van der Waals surface area contributed by atoms with Crippen molar-refractivity contribution >= 4 is 11.7 Å². The SMILES string of the molecule is Cc1noc(C)c1CNc1ccc(F)cc1C(=O)O. The first-order valence-corrected chi connectivity index (χ1v) is 5.67. The summed E-state index contributed by atoms with van der Waals surface area (Å²) in [6.07, 6.45) is 0. The van der Waals surface area contributed by atoms with E-state index in [-0.39, 0.29) is 5.56 Å². The number of rotatable bonds is 4. The van der Waals surface area contributed by atoms with E-state index in [1.807, 2.05) is 0 Å². The van der Waals surface area contributed by atoms with Crippen LogP contribution in [0.25, 0.3) is 0 Å². The molecule has 0 aliphatic heterocycles. The molecule has 0 radical (unpaired) electrons. The van der Waals surface area contributed by atoms with Crippen LogP contribution >= 0.6 is 0 Å². The Hall–Kier alpha value is -2.37. The summed E-state index contributed by atoms with van der Waals surface area (Å²) in [4.78, 5) is 11.0. The number of anilines is 1. The molecule has 100 valence electrons. The summed E-state index contributed by atoms with van der Waals surface area (Å²) in [5.41, 5.74) is 1.85. The molecule has 0 atom stereocenters. The molecule has 2 N–H and O–H groups in total. The molecule has 1 aromatic heterocycles. The fourth-order valence-corrected chi connectivity index (χ4v) is 1.79. The molecule has 1 heterocycles. The van der Waals surface area contributed by atoms with Crippen LogP contribution in [0.1, 0.15) is 27.4 Å². The molecule has 6 heteroatoms. The molecular formula is C13H13FN2O3. The number of hydrogen-bond acceptors (Lipinski definition) is 4. The van der Waals surface area contributed by atoms with Crippen molar-refractivity contribution in [2.24, 2.45) is 0 Å². The van der Waals surface area contributed by atoms with Crippen LogP contribution in [0.3, 0.4) is 0 Å². The Morgan fingerprint density at radius 3 is 2.79 bits per heavy atom. The Bertz CT molecular complexity index is 603. The minimum Gasteiger partial charge on any atom is -0.478 e. The zero-order chi connectivity index (χ0) is 14.0. The van der Waals surface area contributed by atoms with Crippen LogP contribution in [0.5, 0.6) is 0 Å². The molecular weight excluding hydrogens is 251 g/mol. The molecule has 0 amide bonds. The number of aryl methyl sites for hydroxylation is 2. The van der Waals surface area contributed by atoms with Gasteiger partial charge < -0.3 is 14.9 Å². The van der Waals surface area contributed by atoms with E-state index in [2.05, 4.69) is 10.5 Å². The standard InChI is InChI=1S/C13H13FN2O3/c1-7-11(8(2)19-16-7)6-15-12-4-3-9(14)5-10(12)13(17)18/h3-5,15H,6H2,1-2H3,(H,17,18). The van der Waals surface area contributed by atoms with Crippen molar-refractivity contribution in [2.45, 2.75) is 20.4 Å². The predicted octanol–water partition coefficient (Wildman–Crippen LogP) is 2.74. The molecule has 2 aromatic rings. The highest BCUT2D eigenvalue weighted by atomic mass is 19.1. The Morgan fingerprint density at radius 1 is 1.47 bits per heavy atom. The number of aromatic nitrogens is 1. The first-order chi connectivity index (χ1) is 8.99. The van der Waals surface area contributed by atoms with Gasteiger partial charge in [0.25, 0.3) is 0 Å². The van der Waals surface area contributed by atoms with Crippen molar-refractivity contribution in [1.82, 2.24) is 5.16 Å². The van der Waals surface area contributed by atoms with E-state index in [1.54, 1.807) is 13.8 Å². The highest BCUT2D eigenvalue weighted by molar-refractivity contribution is 5.94. The van der Waals surface area contributed by atoms with Crippen molar-refractivity contribution in [3.05, 3.63) is 46.6 Å². The summed E-state index contributed by atoms with van der Waals surface area (Å²) in [5.74, 6) is -1.09. The number of carboxylic acid groups (broad SMARTS) is 1. The summed E-state index contributed by atoms with van der Waals surface area (Å²) in [7, 11) is 0. The number of nitrogens with one attached hydrogen (secondary N) is 1. The van der Waals surface area contributed by atoms with Crippen molar-refractivity contribution in [2.75, 3.05) is 5.32 Å². The first kappa shape index (κ1) is 13.1. The fraction of sp³-hybridized carbons (Fsp3) is 0.231. The van der Waals surface area contributed by atoms with Gasteiger partial charge in [-0.3, -0.25) is 0 Å². The topological polar surface area (TPSA) is 75.4 Å². The van der Waals surface area contributed by atoms with Crippen molar-refractivity contribution in [1.29, 1.82) is 0 Å². The average Bonchev–Trinajstić information content (AvgIpc) is 2.68. The van der Waals surface area contributed by atoms with Crippen molar-refractivity contribution < 1.29 is 18.8 Å². The highest BCUT2D eigenvalue weighted by Crippen LogP contribution is 2.20. The van der Waals surface area contributed by atoms with E-state index in [0.717, 1.165) is 17.3 Å². The van der Waals surface area contributed by atoms with Crippen LogP contribution in [0, 0.1) is 19.7 Å². The summed E-state index contributed by atoms with van der Waals surface area (Å²) in [5, 5.41) is 15.8. The van der Waals surface area contributed by atoms with Gasteiger partial charge in [0.2, 0.25) is 0 Å². The van der Waals surface area contributed by atoms with Crippen LogP contribution in [0.2, 0.25) is 0 Å². The van der Waals surface area contributed by atoms with Gasteiger partial charge in [-0.05, 0) is 32.0 Å². The lowest BCUT2D eigenvalue weighted by atomic mass is 10.1. The van der Waals surface area contributed by atoms with Gasteiger partial charge in [-0.1, -0.05) is 5.16 Å². The van der Waals surface area contributed by atoms with Crippen molar-refractivity contribution in [3.8, 4) is 0 Å². The fourth-order valence-electron chi connectivity index (χ4n) is 1.79. The minimum absolute atomic E-state index is 0.105. The average molecular weight is 264 g/mol. The maximum absolute atomic E-state index is 13.0. The molecule has 2 rings (SSSR count). The summed E-state index contributed by atoms with van der Waals surface area (Å²) in [6, 6.07) is 3.59. The van der Waals surface area contributed by atoms with E-state index in [4.69, 9.17) is 9.63 Å². The van der Waals surface area contributed by atoms with Gasteiger partial charge in [0, 0.05) is 17.8 Å². The molecule has 19 heavy (non-hydrogen) atoms. The van der Waals surface area contributed by atoms with E-state index in [1.165, 1.54) is 12.1 Å². The van der Waals surface area contributed by atoms with Crippen LogP contribution in [0.4, 0.5) is 10.1 Å². The largest absolute Gasteiger partial charge is 0.478 e. The Morgan fingerprint density at radius 2 is 2.21 bits per heavy atom. The molecule has 0 unspecified atom stereocenters. The second-order valence-electron chi connectivity index (χ2n) is 4.15. The van der Waals surface area contributed by atoms with Crippen LogP contribution in [-0.4, -0.2) is 16.2 Å². The molecule has 0 fully saturated rings. The smallest absolute Gasteiger partial charge is 0.337 e. The van der Waals surface area contributed by atoms with Gasteiger partial charge in [0.05, 0.1) is 11.3 Å². The Kier molecular flexibility index (Phi) is 3.50. The van der Waals surface area contributed by atoms with Crippen LogP contribution in [0.15, 0.2) is 22.7 Å². The second-order valence-corrected chi connectivity index (χ2v) is 4.15. The number of carboxylic acids is 1. The number of hydrogen-bond donors (Lipinski definition) is 2.